The largest absolute Gasteiger partial charge is 0.465 e. The summed E-state index contributed by atoms with van der Waals surface area (Å²) >= 11 is 1.52. The Hall–Kier alpha value is -2.67. The molecule has 1 heterocycles. The normalized spacial score (nSPS) is 15.6. The molecule has 3 rings (SSSR count). The van der Waals surface area contributed by atoms with Crippen LogP contribution in [0.2, 0.25) is 0 Å². The predicted octanol–water partition coefficient (Wildman–Crippen LogP) is 2.98. The Balaban J connectivity index is 1.69. The second-order valence-corrected chi connectivity index (χ2v) is 7.90. The minimum Gasteiger partial charge on any atom is -0.465 e. The second-order valence-electron chi connectivity index (χ2n) is 6.76. The number of methoxy groups -OCH3 is 1. The molecule has 1 unspecified atom stereocenters. The molecule has 142 valence electrons. The maximum Gasteiger partial charge on any atom is 0.337 e. The number of amides is 2. The topological polar surface area (TPSA) is 75.7 Å². The van der Waals surface area contributed by atoms with Gasteiger partial charge in [-0.3, -0.25) is 9.59 Å². The Kier molecular flexibility index (Phi) is 5.60. The van der Waals surface area contributed by atoms with Crippen molar-refractivity contribution in [1.29, 1.82) is 0 Å². The number of anilines is 1. The van der Waals surface area contributed by atoms with Gasteiger partial charge >= 0.3 is 5.97 Å². The number of benzene rings is 1. The zero-order chi connectivity index (χ0) is 19.6. The lowest BCUT2D eigenvalue weighted by Crippen LogP contribution is -2.27. The first kappa shape index (κ1) is 19.1. The molecule has 0 radical (unpaired) electrons. The molecule has 0 aliphatic heterocycles. The van der Waals surface area contributed by atoms with Crippen molar-refractivity contribution in [2.24, 2.45) is 5.92 Å². The first-order valence-electron chi connectivity index (χ1n) is 8.71. The number of hydrogen-bond acceptors (Lipinski definition) is 5. The van der Waals surface area contributed by atoms with Crippen molar-refractivity contribution in [3.05, 3.63) is 51.2 Å². The molecular formula is C20H22N2O4S. The number of thiophene rings is 1. The second kappa shape index (κ2) is 7.92. The van der Waals surface area contributed by atoms with Gasteiger partial charge in [-0.25, -0.2) is 4.79 Å². The molecular weight excluding hydrogens is 364 g/mol. The summed E-state index contributed by atoms with van der Waals surface area (Å²) in [6.07, 6.45) is 2.15. The van der Waals surface area contributed by atoms with Crippen LogP contribution in [0.5, 0.6) is 0 Å². The van der Waals surface area contributed by atoms with Crippen LogP contribution in [-0.2, 0) is 22.4 Å². The minimum atomic E-state index is -0.440. The highest BCUT2D eigenvalue weighted by atomic mass is 32.1. The first-order valence-corrected chi connectivity index (χ1v) is 9.53. The zero-order valence-corrected chi connectivity index (χ0v) is 16.4. The number of fused-ring (bicyclic) bond motifs is 1. The zero-order valence-electron chi connectivity index (χ0n) is 15.6. The fourth-order valence-electron chi connectivity index (χ4n) is 3.16. The number of rotatable bonds is 4. The van der Waals surface area contributed by atoms with E-state index in [4.69, 9.17) is 4.74 Å². The van der Waals surface area contributed by atoms with Crippen molar-refractivity contribution in [1.82, 2.24) is 4.90 Å². The van der Waals surface area contributed by atoms with Crippen LogP contribution in [-0.4, -0.2) is 43.9 Å². The van der Waals surface area contributed by atoms with Crippen LogP contribution in [0.4, 0.5) is 5.69 Å². The molecule has 0 spiro atoms. The monoisotopic (exact) mass is 386 g/mol. The Morgan fingerprint density at radius 1 is 1.22 bits per heavy atom. The van der Waals surface area contributed by atoms with Crippen molar-refractivity contribution in [2.45, 2.75) is 19.3 Å². The Labute approximate surface area is 162 Å². The summed E-state index contributed by atoms with van der Waals surface area (Å²) < 4.78 is 4.71. The number of ether oxygens (including phenoxy) is 1. The van der Waals surface area contributed by atoms with Gasteiger partial charge in [-0.1, -0.05) is 6.07 Å². The van der Waals surface area contributed by atoms with Crippen LogP contribution in [0, 0.1) is 5.92 Å². The van der Waals surface area contributed by atoms with Gasteiger partial charge < -0.3 is 15.0 Å². The van der Waals surface area contributed by atoms with E-state index < -0.39 is 5.97 Å². The molecule has 2 aromatic rings. The van der Waals surface area contributed by atoms with Gasteiger partial charge in [-0.2, -0.15) is 0 Å². The SMILES string of the molecule is COC(=O)c1cccc(NC(=O)C2CCc3sc(C(=O)N(C)C)cc3C2)c1. The number of nitrogens with zero attached hydrogens (tertiary/aromatic N) is 1. The summed E-state index contributed by atoms with van der Waals surface area (Å²) in [6, 6.07) is 8.62. The van der Waals surface area contributed by atoms with Gasteiger partial charge in [0.25, 0.3) is 5.91 Å². The average molecular weight is 386 g/mol. The fraction of sp³-hybridized carbons (Fsp3) is 0.350. The molecule has 27 heavy (non-hydrogen) atoms. The van der Waals surface area contributed by atoms with E-state index >= 15 is 0 Å². The number of carbonyl (C=O) groups excluding carboxylic acids is 3. The lowest BCUT2D eigenvalue weighted by atomic mass is 9.87. The van der Waals surface area contributed by atoms with Crippen molar-refractivity contribution in [3.8, 4) is 0 Å². The van der Waals surface area contributed by atoms with E-state index in [0.29, 0.717) is 17.7 Å². The molecule has 1 atom stereocenters. The van der Waals surface area contributed by atoms with E-state index in [9.17, 15) is 14.4 Å². The van der Waals surface area contributed by atoms with Crippen LogP contribution in [0.3, 0.4) is 0 Å². The predicted molar refractivity (Wildman–Crippen MR) is 104 cm³/mol. The number of esters is 1. The summed E-state index contributed by atoms with van der Waals surface area (Å²) in [4.78, 5) is 39.9. The molecule has 0 saturated carbocycles. The third kappa shape index (κ3) is 4.19. The van der Waals surface area contributed by atoms with Crippen LogP contribution in [0.1, 0.15) is 36.9 Å². The van der Waals surface area contributed by atoms with Crippen molar-refractivity contribution < 1.29 is 19.1 Å². The molecule has 6 nitrogen and oxygen atoms in total. The van der Waals surface area contributed by atoms with E-state index in [1.165, 1.54) is 23.3 Å². The van der Waals surface area contributed by atoms with Gasteiger partial charge in [0, 0.05) is 30.6 Å². The molecule has 0 saturated heterocycles. The van der Waals surface area contributed by atoms with Crippen molar-refractivity contribution in [2.75, 3.05) is 26.5 Å². The first-order chi connectivity index (χ1) is 12.9. The number of aryl methyl sites for hydroxylation is 1. The van der Waals surface area contributed by atoms with E-state index in [2.05, 4.69) is 5.32 Å². The Morgan fingerprint density at radius 3 is 2.70 bits per heavy atom. The van der Waals surface area contributed by atoms with Gasteiger partial charge in [-0.15, -0.1) is 11.3 Å². The van der Waals surface area contributed by atoms with Crippen LogP contribution in [0.15, 0.2) is 30.3 Å². The highest BCUT2D eigenvalue weighted by Crippen LogP contribution is 2.33. The molecule has 1 aliphatic carbocycles. The van der Waals surface area contributed by atoms with Crippen molar-refractivity contribution in [3.63, 3.8) is 0 Å². The Morgan fingerprint density at radius 2 is 2.00 bits per heavy atom. The van der Waals surface area contributed by atoms with Gasteiger partial charge in [0.15, 0.2) is 0 Å². The molecule has 1 N–H and O–H groups in total. The van der Waals surface area contributed by atoms with E-state index in [0.717, 1.165) is 23.3 Å². The lowest BCUT2D eigenvalue weighted by molar-refractivity contribution is -0.120. The van der Waals surface area contributed by atoms with Gasteiger partial charge in [-0.05, 0) is 49.1 Å². The maximum atomic E-state index is 12.7. The highest BCUT2D eigenvalue weighted by molar-refractivity contribution is 7.14. The number of nitrogens with one attached hydrogen (secondary N) is 1. The number of hydrogen-bond donors (Lipinski definition) is 1. The van der Waals surface area contributed by atoms with Crippen molar-refractivity contribution >= 4 is 34.8 Å². The van der Waals surface area contributed by atoms with Crippen LogP contribution < -0.4 is 5.32 Å². The quantitative estimate of drug-likeness (QED) is 0.820. The number of carbonyl (C=O) groups is 3. The molecule has 1 aliphatic rings. The summed E-state index contributed by atoms with van der Waals surface area (Å²) in [5.41, 5.74) is 2.05. The van der Waals surface area contributed by atoms with Gasteiger partial charge in [0.1, 0.15) is 0 Å². The summed E-state index contributed by atoms with van der Waals surface area (Å²) in [5.74, 6) is -0.676. The third-order valence-electron chi connectivity index (χ3n) is 4.62. The van der Waals surface area contributed by atoms with E-state index in [1.54, 1.807) is 43.3 Å². The minimum absolute atomic E-state index is 0.00460. The van der Waals surface area contributed by atoms with E-state index in [-0.39, 0.29) is 17.7 Å². The molecule has 7 heteroatoms. The Bertz CT molecular complexity index is 888. The van der Waals surface area contributed by atoms with Crippen LogP contribution >= 0.6 is 11.3 Å². The van der Waals surface area contributed by atoms with Gasteiger partial charge in [0.05, 0.1) is 17.6 Å². The molecule has 0 bridgehead atoms. The average Bonchev–Trinajstić information content (AvgIpc) is 3.09. The highest BCUT2D eigenvalue weighted by Gasteiger charge is 2.28. The summed E-state index contributed by atoms with van der Waals surface area (Å²) in [5, 5.41) is 2.89. The molecule has 2 amide bonds. The third-order valence-corrected chi connectivity index (χ3v) is 5.85. The smallest absolute Gasteiger partial charge is 0.337 e. The molecule has 1 aromatic carbocycles. The standard InChI is InChI=1S/C20H22N2O4S/c1-22(2)19(24)17-11-14-9-12(7-8-16(14)27-17)18(23)21-15-6-4-5-13(10-15)20(25)26-3/h4-6,10-12H,7-9H2,1-3H3,(H,21,23). The maximum absolute atomic E-state index is 12.7. The molecule has 0 fully saturated rings. The van der Waals surface area contributed by atoms with Gasteiger partial charge in [0.2, 0.25) is 5.91 Å². The fourth-order valence-corrected chi connectivity index (χ4v) is 4.39. The van der Waals surface area contributed by atoms with E-state index in [1.807, 2.05) is 6.07 Å². The summed E-state index contributed by atoms with van der Waals surface area (Å²) in [6.45, 7) is 0. The van der Waals surface area contributed by atoms with Crippen LogP contribution in [0.25, 0.3) is 0 Å². The lowest BCUT2D eigenvalue weighted by Gasteiger charge is -2.21. The summed E-state index contributed by atoms with van der Waals surface area (Å²) in [7, 11) is 4.79. The molecule has 1 aromatic heterocycles.